The van der Waals surface area contributed by atoms with Crippen LogP contribution in [0.1, 0.15) is 31.7 Å². The molecule has 1 aliphatic heterocycles. The van der Waals surface area contributed by atoms with Crippen molar-refractivity contribution < 1.29 is 14.3 Å². The van der Waals surface area contributed by atoms with Crippen molar-refractivity contribution in [3.63, 3.8) is 0 Å². The number of unbranched alkanes of at least 4 members (excludes halogenated alkanes) is 1. The van der Waals surface area contributed by atoms with Gasteiger partial charge in [-0.25, -0.2) is 0 Å². The average Bonchev–Trinajstić information content (AvgIpc) is 3.09. The van der Waals surface area contributed by atoms with E-state index in [2.05, 4.69) is 12.2 Å². The quantitative estimate of drug-likeness (QED) is 0.727. The maximum absolute atomic E-state index is 12.3. The molecular weight excluding hydrogens is 340 g/mol. The van der Waals surface area contributed by atoms with E-state index < -0.39 is 0 Å². The van der Waals surface area contributed by atoms with Gasteiger partial charge in [0.25, 0.3) is 0 Å². The van der Waals surface area contributed by atoms with Gasteiger partial charge in [0.05, 0.1) is 5.92 Å². The average molecular weight is 366 g/mol. The van der Waals surface area contributed by atoms with Gasteiger partial charge in [0.1, 0.15) is 12.4 Å². The largest absolute Gasteiger partial charge is 0.489 e. The number of hydrogen-bond donors (Lipinski definition) is 1. The molecule has 1 heterocycles. The predicted molar refractivity (Wildman–Crippen MR) is 106 cm³/mol. The summed E-state index contributed by atoms with van der Waals surface area (Å²) in [7, 11) is 0. The molecule has 1 atom stereocenters. The highest BCUT2D eigenvalue weighted by Gasteiger charge is 2.34. The van der Waals surface area contributed by atoms with Crippen molar-refractivity contribution in [2.75, 3.05) is 18.0 Å². The molecule has 142 valence electrons. The Hall–Kier alpha value is -2.82. The van der Waals surface area contributed by atoms with Crippen LogP contribution in [0, 0.1) is 5.92 Å². The van der Waals surface area contributed by atoms with Crippen LogP contribution in [0.25, 0.3) is 0 Å². The van der Waals surface area contributed by atoms with E-state index in [1.807, 2.05) is 54.6 Å². The van der Waals surface area contributed by atoms with Crippen LogP contribution in [0.15, 0.2) is 54.6 Å². The maximum atomic E-state index is 12.3. The van der Waals surface area contributed by atoms with Crippen LogP contribution < -0.4 is 15.0 Å². The highest BCUT2D eigenvalue weighted by Crippen LogP contribution is 2.27. The van der Waals surface area contributed by atoms with E-state index in [4.69, 9.17) is 4.74 Å². The minimum atomic E-state index is -0.275. The lowest BCUT2D eigenvalue weighted by atomic mass is 10.1. The van der Waals surface area contributed by atoms with Crippen LogP contribution in [0.5, 0.6) is 5.75 Å². The first-order chi connectivity index (χ1) is 13.2. The molecule has 2 aromatic carbocycles. The Bertz CT molecular complexity index is 759. The van der Waals surface area contributed by atoms with Gasteiger partial charge in [0.2, 0.25) is 11.8 Å². The third-order valence-corrected chi connectivity index (χ3v) is 4.72. The molecule has 5 heteroatoms. The van der Waals surface area contributed by atoms with Crippen molar-refractivity contribution in [3.05, 3.63) is 60.2 Å². The van der Waals surface area contributed by atoms with Crippen LogP contribution in [0.4, 0.5) is 5.69 Å². The van der Waals surface area contributed by atoms with Crippen molar-refractivity contribution in [3.8, 4) is 5.75 Å². The second-order valence-corrected chi connectivity index (χ2v) is 6.82. The molecule has 2 aromatic rings. The number of hydrogen-bond acceptors (Lipinski definition) is 3. The summed E-state index contributed by atoms with van der Waals surface area (Å²) in [6.45, 7) is 3.69. The van der Waals surface area contributed by atoms with Gasteiger partial charge >= 0.3 is 0 Å². The predicted octanol–water partition coefficient (Wildman–Crippen LogP) is 3.53. The molecule has 1 N–H and O–H groups in total. The molecule has 2 amide bonds. The molecule has 1 unspecified atom stereocenters. The fraction of sp³-hybridized carbons (Fsp3) is 0.364. The molecular formula is C22H26N2O3. The summed E-state index contributed by atoms with van der Waals surface area (Å²) in [6.07, 6.45) is 2.26. The Morgan fingerprint density at radius 2 is 1.89 bits per heavy atom. The second-order valence-electron chi connectivity index (χ2n) is 6.82. The second kappa shape index (κ2) is 9.21. The lowest BCUT2D eigenvalue weighted by molar-refractivity contribution is -0.126. The van der Waals surface area contributed by atoms with E-state index in [0.29, 0.717) is 19.7 Å². The van der Waals surface area contributed by atoms with Crippen LogP contribution in [0.2, 0.25) is 0 Å². The van der Waals surface area contributed by atoms with Crippen molar-refractivity contribution in [2.24, 2.45) is 5.92 Å². The molecule has 0 radical (unpaired) electrons. The molecule has 5 nitrogen and oxygen atoms in total. The van der Waals surface area contributed by atoms with Gasteiger partial charge in [0.15, 0.2) is 0 Å². The number of carbonyl (C=O) groups excluding carboxylic acids is 2. The summed E-state index contributed by atoms with van der Waals surface area (Å²) in [5.41, 5.74) is 1.91. The minimum Gasteiger partial charge on any atom is -0.489 e. The fourth-order valence-corrected chi connectivity index (χ4v) is 3.13. The van der Waals surface area contributed by atoms with Gasteiger partial charge in [0, 0.05) is 25.2 Å². The van der Waals surface area contributed by atoms with Gasteiger partial charge in [-0.15, -0.1) is 0 Å². The van der Waals surface area contributed by atoms with Crippen LogP contribution in [-0.4, -0.2) is 24.9 Å². The van der Waals surface area contributed by atoms with Crippen LogP contribution in [-0.2, 0) is 16.2 Å². The van der Waals surface area contributed by atoms with E-state index in [1.54, 1.807) is 4.90 Å². The van der Waals surface area contributed by atoms with E-state index in [-0.39, 0.29) is 24.2 Å². The number of benzene rings is 2. The first-order valence-electron chi connectivity index (χ1n) is 9.52. The fourth-order valence-electron chi connectivity index (χ4n) is 3.13. The number of ether oxygens (including phenoxy) is 1. The molecule has 1 fully saturated rings. The standard InChI is InChI=1S/C22H26N2O3/c1-2-3-13-23-22(26)18-14-21(25)24(15-18)19-9-11-20(12-10-19)27-16-17-7-5-4-6-8-17/h4-12,18H,2-3,13-16H2,1H3,(H,23,26). The molecule has 0 bridgehead atoms. The molecule has 0 spiro atoms. The third-order valence-electron chi connectivity index (χ3n) is 4.72. The summed E-state index contributed by atoms with van der Waals surface area (Å²) < 4.78 is 5.78. The number of rotatable bonds is 8. The Morgan fingerprint density at radius 3 is 2.59 bits per heavy atom. The van der Waals surface area contributed by atoms with Crippen molar-refractivity contribution in [1.82, 2.24) is 5.32 Å². The van der Waals surface area contributed by atoms with E-state index in [1.165, 1.54) is 0 Å². The molecule has 1 saturated heterocycles. The zero-order valence-corrected chi connectivity index (χ0v) is 15.7. The van der Waals surface area contributed by atoms with E-state index in [9.17, 15) is 9.59 Å². The summed E-state index contributed by atoms with van der Waals surface area (Å²) in [5.74, 6) is 0.442. The summed E-state index contributed by atoms with van der Waals surface area (Å²) in [5, 5.41) is 2.92. The highest BCUT2D eigenvalue weighted by atomic mass is 16.5. The van der Waals surface area contributed by atoms with E-state index >= 15 is 0 Å². The zero-order chi connectivity index (χ0) is 19.1. The summed E-state index contributed by atoms with van der Waals surface area (Å²) in [6, 6.07) is 17.4. The number of amides is 2. The van der Waals surface area contributed by atoms with Gasteiger partial charge in [-0.1, -0.05) is 43.7 Å². The van der Waals surface area contributed by atoms with Crippen molar-refractivity contribution in [2.45, 2.75) is 32.8 Å². The molecule has 3 rings (SSSR count). The minimum absolute atomic E-state index is 0.0106. The molecule has 0 saturated carbocycles. The number of nitrogens with zero attached hydrogens (tertiary/aromatic N) is 1. The Balaban J connectivity index is 1.55. The lowest BCUT2D eigenvalue weighted by Gasteiger charge is -2.17. The Labute approximate surface area is 160 Å². The third kappa shape index (κ3) is 5.09. The molecule has 0 aromatic heterocycles. The number of nitrogens with one attached hydrogen (secondary N) is 1. The van der Waals surface area contributed by atoms with Gasteiger partial charge in [-0.3, -0.25) is 9.59 Å². The van der Waals surface area contributed by atoms with Gasteiger partial charge in [-0.05, 0) is 36.2 Å². The molecule has 0 aliphatic carbocycles. The first-order valence-corrected chi connectivity index (χ1v) is 9.52. The topological polar surface area (TPSA) is 58.6 Å². The van der Waals surface area contributed by atoms with Crippen molar-refractivity contribution >= 4 is 17.5 Å². The SMILES string of the molecule is CCCCNC(=O)C1CC(=O)N(c2ccc(OCc3ccccc3)cc2)C1. The number of anilines is 1. The van der Waals surface area contributed by atoms with Gasteiger partial charge in [-0.2, -0.15) is 0 Å². The first kappa shape index (κ1) is 19.0. The van der Waals surface area contributed by atoms with Crippen molar-refractivity contribution in [1.29, 1.82) is 0 Å². The Morgan fingerprint density at radius 1 is 1.15 bits per heavy atom. The smallest absolute Gasteiger partial charge is 0.227 e. The molecule has 27 heavy (non-hydrogen) atoms. The van der Waals surface area contributed by atoms with Gasteiger partial charge < -0.3 is 15.0 Å². The van der Waals surface area contributed by atoms with Crippen LogP contribution in [0.3, 0.4) is 0 Å². The van der Waals surface area contributed by atoms with E-state index in [0.717, 1.165) is 29.8 Å². The van der Waals surface area contributed by atoms with Crippen LogP contribution >= 0.6 is 0 Å². The lowest BCUT2D eigenvalue weighted by Crippen LogP contribution is -2.33. The zero-order valence-electron chi connectivity index (χ0n) is 15.7. The maximum Gasteiger partial charge on any atom is 0.227 e. The summed E-state index contributed by atoms with van der Waals surface area (Å²) >= 11 is 0. The number of carbonyl (C=O) groups is 2. The Kier molecular flexibility index (Phi) is 6.47. The summed E-state index contributed by atoms with van der Waals surface area (Å²) in [4.78, 5) is 26.2. The molecule has 1 aliphatic rings. The normalized spacial score (nSPS) is 16.4. The highest BCUT2D eigenvalue weighted by molar-refractivity contribution is 6.00. The monoisotopic (exact) mass is 366 g/mol.